The van der Waals surface area contributed by atoms with Gasteiger partial charge in [-0.1, -0.05) is 19.3 Å². The quantitative estimate of drug-likeness (QED) is 0.376. The van der Waals surface area contributed by atoms with Gasteiger partial charge in [0.25, 0.3) is 0 Å². The summed E-state index contributed by atoms with van der Waals surface area (Å²) < 4.78 is 0. The lowest BCUT2D eigenvalue weighted by Crippen LogP contribution is -2.45. The lowest BCUT2D eigenvalue weighted by atomic mass is 9.73. The van der Waals surface area contributed by atoms with Crippen molar-refractivity contribution in [1.29, 1.82) is 0 Å². The van der Waals surface area contributed by atoms with E-state index in [1.165, 1.54) is 38.5 Å². The van der Waals surface area contributed by atoms with Gasteiger partial charge < -0.3 is 20.0 Å². The van der Waals surface area contributed by atoms with Crippen molar-refractivity contribution >= 4 is 41.8 Å². The number of likely N-dealkylation sites (N-methyl/N-ethyl adjacent to an activating group) is 2. The molecule has 1 N–H and O–H groups in total. The van der Waals surface area contributed by atoms with Crippen LogP contribution in [0.4, 0.5) is 0 Å². The Bertz CT molecular complexity index is 516. The molecule has 150 valence electrons. The van der Waals surface area contributed by atoms with E-state index in [9.17, 15) is 9.59 Å². The van der Waals surface area contributed by atoms with Crippen molar-refractivity contribution < 1.29 is 9.59 Å². The summed E-state index contributed by atoms with van der Waals surface area (Å²) in [5.41, 5.74) is 0.401. The van der Waals surface area contributed by atoms with Crippen LogP contribution >= 0.6 is 24.0 Å². The highest BCUT2D eigenvalue weighted by atomic mass is 127. The molecule has 2 amide bonds. The van der Waals surface area contributed by atoms with Crippen LogP contribution in [0.15, 0.2) is 4.99 Å². The number of aliphatic imine (C=N–C) groups is 1. The summed E-state index contributed by atoms with van der Waals surface area (Å²) in [6, 6.07) is 0. The predicted octanol–water partition coefficient (Wildman–Crippen LogP) is 1.38. The summed E-state index contributed by atoms with van der Waals surface area (Å²) in [5.74, 6) is 0.649. The molecule has 0 radical (unpaired) electrons. The topological polar surface area (TPSA) is 68.2 Å². The Morgan fingerprint density at radius 1 is 1.00 bits per heavy atom. The molecule has 1 saturated carbocycles. The monoisotopic (exact) mass is 479 g/mol. The number of amides is 2. The van der Waals surface area contributed by atoms with Crippen molar-refractivity contribution in [3.63, 3.8) is 0 Å². The van der Waals surface area contributed by atoms with Gasteiger partial charge in [0, 0.05) is 41.3 Å². The van der Waals surface area contributed by atoms with Crippen LogP contribution in [0, 0.1) is 5.41 Å². The molecule has 0 atom stereocenters. The third-order valence-electron chi connectivity index (χ3n) is 5.41. The minimum absolute atomic E-state index is 0. The molecule has 26 heavy (non-hydrogen) atoms. The maximum absolute atomic E-state index is 11.9. The Morgan fingerprint density at radius 2 is 1.62 bits per heavy atom. The van der Waals surface area contributed by atoms with Crippen molar-refractivity contribution in [3.8, 4) is 0 Å². The van der Waals surface area contributed by atoms with Crippen molar-refractivity contribution in [1.82, 2.24) is 20.0 Å². The number of halogens is 1. The fourth-order valence-electron chi connectivity index (χ4n) is 3.69. The first kappa shape index (κ1) is 23.0. The van der Waals surface area contributed by atoms with Gasteiger partial charge in [-0.15, -0.1) is 24.0 Å². The van der Waals surface area contributed by atoms with Crippen LogP contribution in [0.1, 0.15) is 38.5 Å². The zero-order valence-electron chi connectivity index (χ0n) is 16.6. The van der Waals surface area contributed by atoms with Crippen molar-refractivity contribution in [3.05, 3.63) is 0 Å². The first-order chi connectivity index (χ1) is 11.8. The molecule has 0 unspecified atom stereocenters. The highest BCUT2D eigenvalue weighted by molar-refractivity contribution is 14.0. The summed E-state index contributed by atoms with van der Waals surface area (Å²) in [4.78, 5) is 33.7. The first-order valence-electron chi connectivity index (χ1n) is 9.27. The van der Waals surface area contributed by atoms with Gasteiger partial charge >= 0.3 is 0 Å². The third-order valence-corrected chi connectivity index (χ3v) is 5.41. The fourth-order valence-corrected chi connectivity index (χ4v) is 3.69. The van der Waals surface area contributed by atoms with Crippen LogP contribution in [0.5, 0.6) is 0 Å². The minimum Gasteiger partial charge on any atom is -0.347 e. The summed E-state index contributed by atoms with van der Waals surface area (Å²) in [6.07, 6.45) is 7.71. The maximum atomic E-state index is 11.9. The molecule has 1 aliphatic carbocycles. The number of likely N-dealkylation sites (tertiary alicyclic amines) is 1. The molecule has 0 aromatic carbocycles. The van der Waals surface area contributed by atoms with E-state index in [2.05, 4.69) is 15.2 Å². The Balaban J connectivity index is 0.00000338. The van der Waals surface area contributed by atoms with Crippen LogP contribution in [0.2, 0.25) is 0 Å². The molecule has 0 aromatic heterocycles. The molecule has 8 heteroatoms. The van der Waals surface area contributed by atoms with E-state index in [0.717, 1.165) is 13.1 Å². The third kappa shape index (κ3) is 6.28. The molecule has 1 aliphatic heterocycles. The van der Waals surface area contributed by atoms with Gasteiger partial charge in [-0.3, -0.25) is 9.59 Å². The fraction of sp³-hybridized carbons (Fsp3) is 0.833. The number of nitrogens with zero attached hydrogens (tertiary/aromatic N) is 4. The molecular weight excluding hydrogens is 445 g/mol. The van der Waals surface area contributed by atoms with E-state index in [4.69, 9.17) is 0 Å². The van der Waals surface area contributed by atoms with Crippen LogP contribution < -0.4 is 5.32 Å². The van der Waals surface area contributed by atoms with E-state index in [0.29, 0.717) is 11.4 Å². The van der Waals surface area contributed by atoms with E-state index in [1.54, 1.807) is 38.0 Å². The molecular formula is C18H34IN5O2. The zero-order chi connectivity index (χ0) is 18.4. The summed E-state index contributed by atoms with van der Waals surface area (Å²) in [5, 5.41) is 3.17. The average molecular weight is 479 g/mol. The van der Waals surface area contributed by atoms with Crippen LogP contribution in [-0.2, 0) is 9.59 Å². The number of nitrogens with one attached hydrogen (secondary N) is 1. The van der Waals surface area contributed by atoms with Gasteiger partial charge in [0.15, 0.2) is 5.96 Å². The highest BCUT2D eigenvalue weighted by Crippen LogP contribution is 2.43. The van der Waals surface area contributed by atoms with Gasteiger partial charge in [-0.05, 0) is 24.7 Å². The molecule has 1 saturated heterocycles. The summed E-state index contributed by atoms with van der Waals surface area (Å²) in [6.45, 7) is 2.23. The van der Waals surface area contributed by atoms with Gasteiger partial charge in [0.2, 0.25) is 11.8 Å². The predicted molar refractivity (Wildman–Crippen MR) is 115 cm³/mol. The van der Waals surface area contributed by atoms with Gasteiger partial charge in [-0.25, -0.2) is 4.99 Å². The minimum atomic E-state index is -0.0372. The van der Waals surface area contributed by atoms with E-state index < -0.39 is 0 Å². The molecule has 1 spiro atoms. The smallest absolute Gasteiger partial charge is 0.243 e. The Labute approximate surface area is 174 Å². The van der Waals surface area contributed by atoms with Crippen LogP contribution in [0.25, 0.3) is 0 Å². The summed E-state index contributed by atoms with van der Waals surface area (Å²) in [7, 11) is 6.94. The van der Waals surface area contributed by atoms with Gasteiger partial charge in [-0.2, -0.15) is 0 Å². The number of carbonyl (C=O) groups excluding carboxylic acids is 2. The van der Waals surface area contributed by atoms with E-state index >= 15 is 0 Å². The zero-order valence-corrected chi connectivity index (χ0v) is 18.9. The van der Waals surface area contributed by atoms with E-state index in [-0.39, 0.29) is 48.9 Å². The molecule has 2 aliphatic rings. The lowest BCUT2D eigenvalue weighted by Gasteiger charge is -2.33. The van der Waals surface area contributed by atoms with Gasteiger partial charge in [0.1, 0.15) is 6.54 Å². The van der Waals surface area contributed by atoms with Crippen molar-refractivity contribution in [2.75, 3.05) is 54.4 Å². The second-order valence-electron chi connectivity index (χ2n) is 7.80. The van der Waals surface area contributed by atoms with E-state index in [1.807, 2.05) is 0 Å². The highest BCUT2D eigenvalue weighted by Gasteiger charge is 2.39. The number of rotatable bonds is 4. The van der Waals surface area contributed by atoms with Crippen molar-refractivity contribution in [2.45, 2.75) is 38.5 Å². The summed E-state index contributed by atoms with van der Waals surface area (Å²) >= 11 is 0. The SMILES string of the molecule is CN(C)C(=O)CN=C(NCC(=O)N(C)C)N1CCC2(CCCCC2)C1.I. The number of hydrogen-bond acceptors (Lipinski definition) is 3. The Kier molecular flexibility index (Phi) is 9.12. The molecule has 0 bridgehead atoms. The Hall–Kier alpha value is -1.06. The lowest BCUT2D eigenvalue weighted by molar-refractivity contribution is -0.127. The van der Waals surface area contributed by atoms with Crippen LogP contribution in [-0.4, -0.2) is 86.8 Å². The second kappa shape index (κ2) is 10.3. The number of guanidine groups is 1. The van der Waals surface area contributed by atoms with Gasteiger partial charge in [0.05, 0.1) is 6.54 Å². The van der Waals surface area contributed by atoms with Crippen molar-refractivity contribution in [2.24, 2.45) is 10.4 Å². The first-order valence-corrected chi connectivity index (χ1v) is 9.27. The molecule has 0 aromatic rings. The largest absolute Gasteiger partial charge is 0.347 e. The molecule has 2 fully saturated rings. The maximum Gasteiger partial charge on any atom is 0.243 e. The molecule has 7 nitrogen and oxygen atoms in total. The molecule has 2 rings (SSSR count). The van der Waals surface area contributed by atoms with Crippen LogP contribution in [0.3, 0.4) is 0 Å². The number of carbonyl (C=O) groups is 2. The average Bonchev–Trinajstić information content (AvgIpc) is 2.97. The second-order valence-corrected chi connectivity index (χ2v) is 7.80. The Morgan fingerprint density at radius 3 is 2.19 bits per heavy atom. The number of hydrogen-bond donors (Lipinski definition) is 1. The standard InChI is InChI=1S/C18H33N5O2.HI/c1-21(2)15(24)12-19-17(20-13-16(25)22(3)4)23-11-10-18(14-23)8-6-5-7-9-18;/h5-14H2,1-4H3,(H,19,20);1H. The normalized spacial score (nSPS) is 19.1. The molecule has 1 heterocycles.